The number of carbonyl (C=O) groups is 1. The highest BCUT2D eigenvalue weighted by Gasteiger charge is 2.25. The van der Waals surface area contributed by atoms with E-state index in [-0.39, 0.29) is 17.4 Å². The molecular weight excluding hydrogens is 394 g/mol. The molecule has 8 nitrogen and oxygen atoms in total. The fraction of sp³-hybridized carbons (Fsp3) is 0.350. The average Bonchev–Trinajstić information content (AvgIpc) is 2.64. The number of sulfonamides is 1. The summed E-state index contributed by atoms with van der Waals surface area (Å²) >= 11 is 0. The number of nitro benzene ring substituents is 1. The number of benzene rings is 2. The number of nitrogens with one attached hydrogen (secondary N) is 1. The van der Waals surface area contributed by atoms with E-state index < -0.39 is 27.4 Å². The molecule has 0 unspecified atom stereocenters. The second kappa shape index (κ2) is 9.04. The molecule has 0 saturated carbocycles. The van der Waals surface area contributed by atoms with Crippen LogP contribution in [0.15, 0.2) is 42.5 Å². The number of rotatable bonds is 8. The van der Waals surface area contributed by atoms with E-state index in [1.165, 1.54) is 18.2 Å². The summed E-state index contributed by atoms with van der Waals surface area (Å²) in [5, 5.41) is 13.9. The third-order valence-electron chi connectivity index (χ3n) is 4.58. The van der Waals surface area contributed by atoms with Gasteiger partial charge in [0.15, 0.2) is 0 Å². The van der Waals surface area contributed by atoms with Crippen molar-refractivity contribution in [2.75, 3.05) is 17.1 Å². The number of carbonyl (C=O) groups excluding carboxylic acids is 1. The predicted octanol–water partition coefficient (Wildman–Crippen LogP) is 3.25. The Morgan fingerprint density at radius 1 is 1.17 bits per heavy atom. The molecular formula is C20H25N3O5S. The minimum atomic E-state index is -3.84. The quantitative estimate of drug-likeness (QED) is 0.522. The Morgan fingerprint density at radius 2 is 1.79 bits per heavy atom. The van der Waals surface area contributed by atoms with Crippen LogP contribution in [0.4, 0.5) is 11.4 Å². The number of anilines is 1. The molecule has 2 rings (SSSR count). The highest BCUT2D eigenvalue weighted by Crippen LogP contribution is 2.27. The Balaban J connectivity index is 2.29. The highest BCUT2D eigenvalue weighted by molar-refractivity contribution is 7.92. The zero-order valence-corrected chi connectivity index (χ0v) is 17.7. The summed E-state index contributed by atoms with van der Waals surface area (Å²) in [4.78, 5) is 23.1. The smallest absolute Gasteiger partial charge is 0.271 e. The molecule has 0 fully saturated rings. The van der Waals surface area contributed by atoms with E-state index in [9.17, 15) is 23.3 Å². The number of hydrogen-bond acceptors (Lipinski definition) is 5. The Hall–Kier alpha value is -2.94. The van der Waals surface area contributed by atoms with Crippen molar-refractivity contribution in [3.05, 3.63) is 69.3 Å². The van der Waals surface area contributed by atoms with E-state index in [0.29, 0.717) is 12.0 Å². The zero-order valence-electron chi connectivity index (χ0n) is 16.9. The molecule has 2 aromatic carbocycles. The molecule has 1 N–H and O–H groups in total. The van der Waals surface area contributed by atoms with E-state index in [1.54, 1.807) is 6.92 Å². The van der Waals surface area contributed by atoms with Gasteiger partial charge in [0.2, 0.25) is 15.9 Å². The van der Waals surface area contributed by atoms with Gasteiger partial charge in [0.1, 0.15) is 6.54 Å². The molecule has 0 radical (unpaired) electrons. The molecule has 2 aromatic rings. The van der Waals surface area contributed by atoms with Crippen molar-refractivity contribution in [2.24, 2.45) is 0 Å². The topological polar surface area (TPSA) is 110 Å². The molecule has 1 amide bonds. The first-order valence-corrected chi connectivity index (χ1v) is 11.0. The highest BCUT2D eigenvalue weighted by atomic mass is 32.2. The van der Waals surface area contributed by atoms with E-state index in [1.807, 2.05) is 38.1 Å². The van der Waals surface area contributed by atoms with Crippen molar-refractivity contribution in [2.45, 2.75) is 33.2 Å². The van der Waals surface area contributed by atoms with Crippen molar-refractivity contribution < 1.29 is 18.1 Å². The predicted molar refractivity (Wildman–Crippen MR) is 112 cm³/mol. The number of non-ortho nitro benzene ring substituents is 1. The Morgan fingerprint density at radius 3 is 2.31 bits per heavy atom. The van der Waals surface area contributed by atoms with Gasteiger partial charge in [-0.25, -0.2) is 8.42 Å². The van der Waals surface area contributed by atoms with Gasteiger partial charge in [0.05, 0.1) is 22.9 Å². The van der Waals surface area contributed by atoms with Crippen LogP contribution in [-0.4, -0.2) is 32.0 Å². The fourth-order valence-electron chi connectivity index (χ4n) is 2.95. The normalized spacial score (nSPS) is 12.3. The van der Waals surface area contributed by atoms with Crippen LogP contribution in [0.25, 0.3) is 0 Å². The molecule has 1 atom stereocenters. The largest absolute Gasteiger partial charge is 0.348 e. The Labute approximate surface area is 170 Å². The van der Waals surface area contributed by atoms with E-state index in [2.05, 4.69) is 5.32 Å². The molecule has 0 aliphatic carbocycles. The van der Waals surface area contributed by atoms with Gasteiger partial charge in [0, 0.05) is 12.1 Å². The Kier molecular flexibility index (Phi) is 6.97. The lowest BCUT2D eigenvalue weighted by Gasteiger charge is -2.25. The number of nitrogens with zero attached hydrogens (tertiary/aromatic N) is 2. The van der Waals surface area contributed by atoms with Crippen LogP contribution < -0.4 is 9.62 Å². The van der Waals surface area contributed by atoms with E-state index >= 15 is 0 Å². The molecule has 0 aliphatic heterocycles. The van der Waals surface area contributed by atoms with Gasteiger partial charge in [-0.3, -0.25) is 19.2 Å². The molecule has 0 aliphatic rings. The van der Waals surface area contributed by atoms with Gasteiger partial charge in [-0.2, -0.15) is 0 Å². The van der Waals surface area contributed by atoms with Crippen LogP contribution in [-0.2, 0) is 14.8 Å². The van der Waals surface area contributed by atoms with Crippen molar-refractivity contribution in [1.82, 2.24) is 5.32 Å². The van der Waals surface area contributed by atoms with E-state index in [4.69, 9.17) is 0 Å². The van der Waals surface area contributed by atoms with Crippen LogP contribution in [0.1, 0.15) is 36.1 Å². The molecule has 29 heavy (non-hydrogen) atoms. The summed E-state index contributed by atoms with van der Waals surface area (Å²) < 4.78 is 25.6. The number of hydrogen-bond donors (Lipinski definition) is 1. The molecule has 0 spiro atoms. The van der Waals surface area contributed by atoms with Crippen LogP contribution in [0.3, 0.4) is 0 Å². The van der Waals surface area contributed by atoms with Gasteiger partial charge in [-0.05, 0) is 31.4 Å². The maximum atomic E-state index is 12.7. The van der Waals surface area contributed by atoms with Crippen LogP contribution >= 0.6 is 0 Å². The molecule has 0 saturated heterocycles. The van der Waals surface area contributed by atoms with Crippen LogP contribution in [0.5, 0.6) is 0 Å². The monoisotopic (exact) mass is 419 g/mol. The summed E-state index contributed by atoms with van der Waals surface area (Å²) in [5.74, 6) is -0.492. The zero-order chi connectivity index (χ0) is 21.8. The summed E-state index contributed by atoms with van der Waals surface area (Å²) in [5.41, 5.74) is 2.40. The van der Waals surface area contributed by atoms with Crippen LogP contribution in [0, 0.1) is 24.0 Å². The standard InChI is InChI=1S/C20H25N3O5S/c1-5-18(16-9-6-14(2)7-10-16)21-20(24)13-22(29(4,27)28)19-12-17(23(25)26)11-8-15(19)3/h6-12,18H,5,13H2,1-4H3,(H,21,24)/t18-/m0/s1. The summed E-state index contributed by atoms with van der Waals surface area (Å²) in [6, 6.07) is 11.4. The fourth-order valence-corrected chi connectivity index (χ4v) is 3.86. The maximum Gasteiger partial charge on any atom is 0.271 e. The second-order valence-corrected chi connectivity index (χ2v) is 8.84. The molecule has 0 bridgehead atoms. The van der Waals surface area contributed by atoms with Crippen LogP contribution in [0.2, 0.25) is 0 Å². The lowest BCUT2D eigenvalue weighted by molar-refractivity contribution is -0.384. The van der Waals surface area contributed by atoms with Gasteiger partial charge >= 0.3 is 0 Å². The van der Waals surface area contributed by atoms with Gasteiger partial charge in [-0.1, -0.05) is 42.8 Å². The Bertz CT molecular complexity index is 1000. The van der Waals surface area contributed by atoms with Gasteiger partial charge < -0.3 is 5.32 Å². The molecule has 9 heteroatoms. The van der Waals surface area contributed by atoms with Crippen molar-refractivity contribution in [1.29, 1.82) is 0 Å². The first kappa shape index (κ1) is 22.4. The third kappa shape index (κ3) is 5.77. The number of aryl methyl sites for hydroxylation is 2. The average molecular weight is 420 g/mol. The summed E-state index contributed by atoms with van der Waals surface area (Å²) in [6.07, 6.45) is 1.60. The van der Waals surface area contributed by atoms with Crippen molar-refractivity contribution >= 4 is 27.3 Å². The first-order chi connectivity index (χ1) is 13.5. The summed E-state index contributed by atoms with van der Waals surface area (Å²) in [7, 11) is -3.84. The second-order valence-electron chi connectivity index (χ2n) is 6.94. The third-order valence-corrected chi connectivity index (χ3v) is 5.71. The lowest BCUT2D eigenvalue weighted by Crippen LogP contribution is -2.41. The molecule has 0 aromatic heterocycles. The van der Waals surface area contributed by atoms with Gasteiger partial charge in [-0.15, -0.1) is 0 Å². The van der Waals surface area contributed by atoms with Crippen molar-refractivity contribution in [3.8, 4) is 0 Å². The van der Waals surface area contributed by atoms with E-state index in [0.717, 1.165) is 21.7 Å². The SMILES string of the molecule is CC[C@H](NC(=O)CN(c1cc([N+](=O)[O-])ccc1C)S(C)(=O)=O)c1ccc(C)cc1. The minimum Gasteiger partial charge on any atom is -0.348 e. The summed E-state index contributed by atoms with van der Waals surface area (Å²) in [6.45, 7) is 5.05. The lowest BCUT2D eigenvalue weighted by atomic mass is 10.0. The molecule has 0 heterocycles. The molecule has 156 valence electrons. The maximum absolute atomic E-state index is 12.7. The first-order valence-electron chi connectivity index (χ1n) is 9.11. The van der Waals surface area contributed by atoms with Crippen molar-refractivity contribution in [3.63, 3.8) is 0 Å². The number of nitro groups is 1. The minimum absolute atomic E-state index is 0.111. The van der Waals surface area contributed by atoms with Gasteiger partial charge in [0.25, 0.3) is 5.69 Å². The number of amides is 1.